The van der Waals surface area contributed by atoms with Crippen molar-refractivity contribution in [1.29, 1.82) is 5.26 Å². The summed E-state index contributed by atoms with van der Waals surface area (Å²) in [6.07, 6.45) is -10.5. The number of dihydropyridines is 1. The molecule has 3 rings (SSSR count). The smallest absolute Gasteiger partial charge is 0.364 e. The summed E-state index contributed by atoms with van der Waals surface area (Å²) in [6.45, 7) is 7.38. The van der Waals surface area contributed by atoms with E-state index in [1.165, 1.54) is 30.5 Å². The molecule has 0 aliphatic carbocycles. The third kappa shape index (κ3) is 4.04. The van der Waals surface area contributed by atoms with Crippen molar-refractivity contribution < 1.29 is 26.3 Å². The fourth-order valence-corrected chi connectivity index (χ4v) is 3.14. The molecule has 1 aromatic carbocycles. The lowest BCUT2D eigenvalue weighted by Gasteiger charge is -2.30. The summed E-state index contributed by atoms with van der Waals surface area (Å²) in [5, 5.41) is 18.3. The summed E-state index contributed by atoms with van der Waals surface area (Å²) in [4.78, 5) is 3.19. The van der Waals surface area contributed by atoms with Gasteiger partial charge in [0.2, 0.25) is 0 Å². The van der Waals surface area contributed by atoms with Crippen LogP contribution in [-0.4, -0.2) is 22.5 Å². The monoisotopic (exact) mass is 411 g/mol. The summed E-state index contributed by atoms with van der Waals surface area (Å²) < 4.78 is 78.6. The minimum absolute atomic E-state index is 0.175. The lowest BCUT2D eigenvalue weighted by molar-refractivity contribution is -0.134. The third-order valence-electron chi connectivity index (χ3n) is 4.40. The van der Waals surface area contributed by atoms with Gasteiger partial charge >= 0.3 is 12.4 Å². The first-order valence-electron chi connectivity index (χ1n) is 8.14. The van der Waals surface area contributed by atoms with Gasteiger partial charge in [0.05, 0.1) is 35.8 Å². The summed E-state index contributed by atoms with van der Waals surface area (Å²) in [7, 11) is 0. The van der Waals surface area contributed by atoms with Gasteiger partial charge in [-0.1, -0.05) is 6.07 Å². The highest BCUT2D eigenvalue weighted by molar-refractivity contribution is 5.79. The number of rotatable bonds is 3. The summed E-state index contributed by atoms with van der Waals surface area (Å²) >= 11 is 0. The van der Waals surface area contributed by atoms with Crippen LogP contribution in [0.15, 0.2) is 47.1 Å². The van der Waals surface area contributed by atoms with E-state index in [0.717, 1.165) is 0 Å². The molecule has 5 nitrogen and oxygen atoms in total. The molecule has 2 aromatic rings. The lowest BCUT2D eigenvalue weighted by Crippen LogP contribution is -2.34. The van der Waals surface area contributed by atoms with Crippen LogP contribution in [0.3, 0.4) is 0 Å². The average molecular weight is 411 g/mol. The van der Waals surface area contributed by atoms with Crippen molar-refractivity contribution in [3.8, 4) is 6.07 Å². The van der Waals surface area contributed by atoms with Crippen LogP contribution >= 0.6 is 0 Å². The van der Waals surface area contributed by atoms with Gasteiger partial charge in [-0.15, -0.1) is 0 Å². The van der Waals surface area contributed by atoms with Crippen molar-refractivity contribution in [1.82, 2.24) is 15.5 Å². The number of nitrogens with zero attached hydrogens (tertiary/aromatic N) is 3. The number of nitriles is 1. The van der Waals surface area contributed by atoms with E-state index in [4.69, 9.17) is 6.57 Å². The fraction of sp³-hybridized carbons (Fsp3) is 0.278. The summed E-state index contributed by atoms with van der Waals surface area (Å²) in [5.74, 6) is -1.45. The van der Waals surface area contributed by atoms with Crippen LogP contribution < -0.4 is 5.32 Å². The lowest BCUT2D eigenvalue weighted by atomic mass is 9.83. The largest absolute Gasteiger partial charge is 0.432 e. The molecule has 0 fully saturated rings. The van der Waals surface area contributed by atoms with Crippen LogP contribution in [-0.2, 0) is 0 Å². The van der Waals surface area contributed by atoms with Gasteiger partial charge in [-0.2, -0.15) is 36.7 Å². The molecule has 11 heteroatoms. The second kappa shape index (κ2) is 7.17. The molecule has 1 aliphatic heterocycles. The van der Waals surface area contributed by atoms with Crippen LogP contribution in [0.5, 0.6) is 0 Å². The second-order valence-corrected chi connectivity index (χ2v) is 6.26. The number of hydrogen-bond donors (Lipinski definition) is 2. The fourth-order valence-electron chi connectivity index (χ4n) is 3.14. The molecular formula is C18H11F6N5. The van der Waals surface area contributed by atoms with Crippen LogP contribution in [0.1, 0.15) is 24.3 Å². The van der Waals surface area contributed by atoms with Gasteiger partial charge in [0.15, 0.2) is 5.70 Å². The number of aromatic amines is 1. The van der Waals surface area contributed by atoms with Crippen molar-refractivity contribution in [3.63, 3.8) is 0 Å². The van der Waals surface area contributed by atoms with Gasteiger partial charge in [-0.05, 0) is 24.1 Å². The SMILES string of the molecule is [C-]#[N+]C1=C(CCC(F)(F)F)NC(C(F)(F)F)=C(C#N)C1c1ccc2[nH]ncc2c1. The Labute approximate surface area is 160 Å². The van der Waals surface area contributed by atoms with Crippen LogP contribution in [0.2, 0.25) is 0 Å². The molecule has 1 aliphatic rings. The third-order valence-corrected chi connectivity index (χ3v) is 4.40. The van der Waals surface area contributed by atoms with Gasteiger partial charge < -0.3 is 5.32 Å². The van der Waals surface area contributed by atoms with Gasteiger partial charge in [0, 0.05) is 17.5 Å². The van der Waals surface area contributed by atoms with Gasteiger partial charge in [0.1, 0.15) is 5.70 Å². The molecule has 0 amide bonds. The van der Waals surface area contributed by atoms with Crippen molar-refractivity contribution in [2.24, 2.45) is 0 Å². The van der Waals surface area contributed by atoms with E-state index < -0.39 is 48.1 Å². The molecule has 0 spiro atoms. The molecule has 0 saturated carbocycles. The highest BCUT2D eigenvalue weighted by Crippen LogP contribution is 2.44. The summed E-state index contributed by atoms with van der Waals surface area (Å²) in [6, 6.07) is 5.86. The maximum atomic E-state index is 13.5. The zero-order valence-corrected chi connectivity index (χ0v) is 14.4. The Balaban J connectivity index is 2.20. The van der Waals surface area contributed by atoms with Crippen molar-refractivity contribution in [2.45, 2.75) is 31.1 Å². The van der Waals surface area contributed by atoms with E-state index in [-0.39, 0.29) is 11.3 Å². The van der Waals surface area contributed by atoms with Crippen LogP contribution in [0, 0.1) is 17.9 Å². The first-order valence-corrected chi connectivity index (χ1v) is 8.14. The topological polar surface area (TPSA) is 68.9 Å². The Bertz CT molecular complexity index is 1090. The molecule has 1 unspecified atom stereocenters. The zero-order valence-electron chi connectivity index (χ0n) is 14.4. The molecule has 1 atom stereocenters. The number of allylic oxidation sites excluding steroid dienone is 3. The maximum Gasteiger partial charge on any atom is 0.432 e. The van der Waals surface area contributed by atoms with Crippen LogP contribution in [0.4, 0.5) is 26.3 Å². The number of alkyl halides is 6. The molecular weight excluding hydrogens is 400 g/mol. The van der Waals surface area contributed by atoms with Crippen molar-refractivity contribution in [2.75, 3.05) is 0 Å². The minimum atomic E-state index is -5.01. The first kappa shape index (κ1) is 20.3. The highest BCUT2D eigenvalue weighted by atomic mass is 19.4. The summed E-state index contributed by atoms with van der Waals surface area (Å²) in [5.41, 5.74) is -2.35. The molecule has 29 heavy (non-hydrogen) atoms. The number of aromatic nitrogens is 2. The Morgan fingerprint density at radius 2 is 1.93 bits per heavy atom. The molecule has 0 radical (unpaired) electrons. The second-order valence-electron chi connectivity index (χ2n) is 6.26. The number of nitrogens with one attached hydrogen (secondary N) is 2. The van der Waals surface area contributed by atoms with Gasteiger partial charge in [-0.25, -0.2) is 4.85 Å². The molecule has 0 saturated heterocycles. The van der Waals surface area contributed by atoms with E-state index in [1.807, 2.05) is 5.32 Å². The van der Waals surface area contributed by atoms with E-state index in [9.17, 15) is 31.6 Å². The highest BCUT2D eigenvalue weighted by Gasteiger charge is 2.44. The molecule has 2 N–H and O–H groups in total. The Morgan fingerprint density at radius 3 is 2.52 bits per heavy atom. The quantitative estimate of drug-likeness (QED) is 0.548. The number of hydrogen-bond acceptors (Lipinski definition) is 3. The molecule has 2 heterocycles. The number of fused-ring (bicyclic) bond motifs is 1. The maximum absolute atomic E-state index is 13.5. The average Bonchev–Trinajstić information content (AvgIpc) is 3.11. The van der Waals surface area contributed by atoms with Crippen molar-refractivity contribution in [3.05, 3.63) is 64.0 Å². The normalized spacial score (nSPS) is 17.9. The molecule has 1 aromatic heterocycles. The van der Waals surface area contributed by atoms with E-state index in [0.29, 0.717) is 10.9 Å². The number of halogens is 6. The van der Waals surface area contributed by atoms with E-state index >= 15 is 0 Å². The molecule has 0 bridgehead atoms. The Kier molecular flexibility index (Phi) is 5.01. The number of H-pyrrole nitrogens is 1. The van der Waals surface area contributed by atoms with Gasteiger partial charge in [0.25, 0.3) is 0 Å². The predicted octanol–water partition coefficient (Wildman–Crippen LogP) is 5.06. The first-order chi connectivity index (χ1) is 13.5. The van der Waals surface area contributed by atoms with Crippen molar-refractivity contribution >= 4 is 10.9 Å². The minimum Gasteiger partial charge on any atom is -0.364 e. The zero-order chi connectivity index (χ0) is 21.4. The molecule has 150 valence electrons. The Morgan fingerprint density at radius 1 is 1.21 bits per heavy atom. The number of benzene rings is 1. The predicted molar refractivity (Wildman–Crippen MR) is 89.6 cm³/mol. The standard InChI is InChI=1S/C18H11F6N5/c1-26-15-13(4-5-17(19,20)21)28-16(18(22,23)24)11(7-25)14(15)9-2-3-12-10(6-9)8-27-29-12/h2-3,6,8,14,28H,4-5H2,(H,27,29). The van der Waals surface area contributed by atoms with E-state index in [2.05, 4.69) is 15.0 Å². The Hall–Kier alpha value is -3.47. The van der Waals surface area contributed by atoms with Crippen LogP contribution in [0.25, 0.3) is 15.7 Å². The van der Waals surface area contributed by atoms with Gasteiger partial charge in [-0.3, -0.25) is 5.10 Å². The van der Waals surface area contributed by atoms with E-state index in [1.54, 1.807) is 0 Å².